The highest BCUT2D eigenvalue weighted by atomic mass is 16.5. The Hall–Kier alpha value is -2.32. The summed E-state index contributed by atoms with van der Waals surface area (Å²) in [5.41, 5.74) is 0.605. The quantitative estimate of drug-likeness (QED) is 0.864. The molecule has 128 valence electrons. The van der Waals surface area contributed by atoms with E-state index in [0.29, 0.717) is 18.1 Å². The number of carbonyl (C=O) groups is 1. The fraction of sp³-hybridized carbons (Fsp3) is 0.500. The van der Waals surface area contributed by atoms with Crippen LogP contribution in [0.1, 0.15) is 26.2 Å². The Morgan fingerprint density at radius 3 is 3.08 bits per heavy atom. The van der Waals surface area contributed by atoms with Crippen molar-refractivity contribution in [3.63, 3.8) is 0 Å². The van der Waals surface area contributed by atoms with Crippen LogP contribution in [0, 0.1) is 0 Å². The van der Waals surface area contributed by atoms with Gasteiger partial charge < -0.3 is 14.8 Å². The van der Waals surface area contributed by atoms with E-state index in [1.807, 2.05) is 0 Å². The first-order valence-electron chi connectivity index (χ1n) is 8.07. The third kappa shape index (κ3) is 4.36. The zero-order valence-corrected chi connectivity index (χ0v) is 13.6. The van der Waals surface area contributed by atoms with Gasteiger partial charge in [-0.15, -0.1) is 0 Å². The van der Waals surface area contributed by atoms with Crippen molar-refractivity contribution >= 4 is 11.6 Å². The van der Waals surface area contributed by atoms with Crippen molar-refractivity contribution in [3.05, 3.63) is 31.0 Å². The summed E-state index contributed by atoms with van der Waals surface area (Å²) in [5, 5.41) is 6.79. The van der Waals surface area contributed by atoms with Crippen LogP contribution in [0.4, 0.5) is 5.69 Å². The van der Waals surface area contributed by atoms with Crippen LogP contribution in [-0.4, -0.2) is 51.1 Å². The van der Waals surface area contributed by atoms with Crippen molar-refractivity contribution in [2.45, 2.75) is 38.4 Å². The molecule has 8 nitrogen and oxygen atoms in total. The number of carbonyl (C=O) groups excluding carboxylic acids is 1. The molecule has 1 aliphatic rings. The smallest absolute Gasteiger partial charge is 0.253 e. The molecule has 0 bridgehead atoms. The molecule has 0 radical (unpaired) electrons. The van der Waals surface area contributed by atoms with Crippen molar-refractivity contribution in [3.8, 4) is 5.82 Å². The first-order valence-corrected chi connectivity index (χ1v) is 8.07. The minimum absolute atomic E-state index is 0.0950. The average molecular weight is 331 g/mol. The number of anilines is 1. The maximum atomic E-state index is 12.2. The Morgan fingerprint density at radius 1 is 1.50 bits per heavy atom. The van der Waals surface area contributed by atoms with Crippen LogP contribution >= 0.6 is 0 Å². The van der Waals surface area contributed by atoms with Gasteiger partial charge in [0, 0.05) is 6.61 Å². The second-order valence-corrected chi connectivity index (χ2v) is 5.70. The Balaban J connectivity index is 1.48. The van der Waals surface area contributed by atoms with Gasteiger partial charge in [0.05, 0.1) is 24.6 Å². The Bertz CT molecular complexity index is 638. The lowest BCUT2D eigenvalue weighted by Gasteiger charge is -2.23. The number of rotatable bonds is 6. The first-order chi connectivity index (χ1) is 11.7. The van der Waals surface area contributed by atoms with Crippen LogP contribution < -0.4 is 5.32 Å². The van der Waals surface area contributed by atoms with E-state index in [1.54, 1.807) is 36.3 Å². The third-order valence-electron chi connectivity index (χ3n) is 3.84. The molecule has 1 aliphatic heterocycles. The third-order valence-corrected chi connectivity index (χ3v) is 3.84. The lowest BCUT2D eigenvalue weighted by atomic mass is 10.1. The second kappa shape index (κ2) is 7.98. The first kappa shape index (κ1) is 16.5. The summed E-state index contributed by atoms with van der Waals surface area (Å²) < 4.78 is 12.8. The summed E-state index contributed by atoms with van der Waals surface area (Å²) >= 11 is 0. The zero-order valence-electron chi connectivity index (χ0n) is 13.6. The van der Waals surface area contributed by atoms with Gasteiger partial charge in [0.2, 0.25) is 0 Å². The molecule has 2 atom stereocenters. The van der Waals surface area contributed by atoms with Gasteiger partial charge in [-0.05, 0) is 38.3 Å². The Kier molecular flexibility index (Phi) is 5.50. The van der Waals surface area contributed by atoms with Gasteiger partial charge in [0.25, 0.3) is 5.91 Å². The minimum Gasteiger partial charge on any atom is -0.376 e. The van der Waals surface area contributed by atoms with Crippen LogP contribution in [0.2, 0.25) is 0 Å². The maximum absolute atomic E-state index is 12.2. The largest absolute Gasteiger partial charge is 0.376 e. The molecule has 0 spiro atoms. The molecule has 0 aliphatic carbocycles. The number of aromatic nitrogens is 4. The zero-order chi connectivity index (χ0) is 16.8. The molecule has 2 unspecified atom stereocenters. The molecule has 1 saturated heterocycles. The molecular formula is C16H21N5O3. The topological polar surface area (TPSA) is 91.2 Å². The lowest BCUT2D eigenvalue weighted by Crippen LogP contribution is -2.32. The van der Waals surface area contributed by atoms with Crippen LogP contribution in [0.15, 0.2) is 31.0 Å². The minimum atomic E-state index is -0.550. The molecule has 8 heteroatoms. The standard InChI is InChI=1S/C16H21N5O3/c1-12(24-9-14-4-2-3-7-23-14)16(22)20-13-5-6-15(18-8-13)21-11-17-10-19-21/h5-6,8,10-12,14H,2-4,7,9H2,1H3,(H,20,22). The van der Waals surface area contributed by atoms with Gasteiger partial charge in [-0.1, -0.05) is 0 Å². The molecule has 24 heavy (non-hydrogen) atoms. The van der Waals surface area contributed by atoms with Crippen molar-refractivity contribution < 1.29 is 14.3 Å². The van der Waals surface area contributed by atoms with Gasteiger partial charge in [-0.3, -0.25) is 4.79 Å². The van der Waals surface area contributed by atoms with E-state index in [9.17, 15) is 4.79 Å². The van der Waals surface area contributed by atoms with Crippen molar-refractivity contribution in [1.82, 2.24) is 19.7 Å². The van der Waals surface area contributed by atoms with Gasteiger partial charge in [0.15, 0.2) is 5.82 Å². The summed E-state index contributed by atoms with van der Waals surface area (Å²) in [4.78, 5) is 20.3. The highest BCUT2D eigenvalue weighted by Gasteiger charge is 2.19. The van der Waals surface area contributed by atoms with E-state index in [4.69, 9.17) is 9.47 Å². The van der Waals surface area contributed by atoms with Gasteiger partial charge in [-0.25, -0.2) is 14.6 Å². The predicted molar refractivity (Wildman–Crippen MR) is 86.8 cm³/mol. The lowest BCUT2D eigenvalue weighted by molar-refractivity contribution is -0.130. The number of pyridine rings is 1. The molecule has 3 rings (SSSR count). The second-order valence-electron chi connectivity index (χ2n) is 5.70. The SMILES string of the molecule is CC(OCC1CCCCO1)C(=O)Nc1ccc(-n2cncn2)nc1. The van der Waals surface area contributed by atoms with Gasteiger partial charge in [-0.2, -0.15) is 5.10 Å². The van der Waals surface area contributed by atoms with Gasteiger partial charge in [0.1, 0.15) is 18.8 Å². The van der Waals surface area contributed by atoms with Crippen LogP contribution in [0.3, 0.4) is 0 Å². The number of nitrogens with zero attached hydrogens (tertiary/aromatic N) is 4. The normalized spacial score (nSPS) is 19.0. The number of amides is 1. The number of ether oxygens (including phenoxy) is 2. The molecule has 3 heterocycles. The molecule has 1 N–H and O–H groups in total. The summed E-state index contributed by atoms with van der Waals surface area (Å²) in [6, 6.07) is 3.52. The molecule has 2 aromatic rings. The molecule has 1 amide bonds. The summed E-state index contributed by atoms with van der Waals surface area (Å²) in [7, 11) is 0. The molecular weight excluding hydrogens is 310 g/mol. The van der Waals surface area contributed by atoms with E-state index in [0.717, 1.165) is 25.9 Å². The van der Waals surface area contributed by atoms with Crippen LogP contribution in [-0.2, 0) is 14.3 Å². The van der Waals surface area contributed by atoms with E-state index in [1.165, 1.54) is 6.33 Å². The van der Waals surface area contributed by atoms with E-state index < -0.39 is 6.10 Å². The predicted octanol–water partition coefficient (Wildman–Crippen LogP) is 1.57. The van der Waals surface area contributed by atoms with Crippen LogP contribution in [0.25, 0.3) is 5.82 Å². The van der Waals surface area contributed by atoms with E-state index >= 15 is 0 Å². The number of nitrogens with one attached hydrogen (secondary N) is 1. The maximum Gasteiger partial charge on any atom is 0.253 e. The molecule has 0 aromatic carbocycles. The molecule has 2 aromatic heterocycles. The summed E-state index contributed by atoms with van der Waals surface area (Å²) in [6.45, 7) is 2.95. The highest BCUT2D eigenvalue weighted by molar-refractivity contribution is 5.93. The summed E-state index contributed by atoms with van der Waals surface area (Å²) in [6.07, 6.45) is 7.36. The fourth-order valence-corrected chi connectivity index (χ4v) is 2.43. The van der Waals surface area contributed by atoms with Crippen LogP contribution in [0.5, 0.6) is 0 Å². The van der Waals surface area contributed by atoms with Crippen molar-refractivity contribution in [2.75, 3.05) is 18.5 Å². The van der Waals surface area contributed by atoms with E-state index in [2.05, 4.69) is 20.4 Å². The Labute approximate surface area is 140 Å². The number of hydrogen-bond donors (Lipinski definition) is 1. The summed E-state index contributed by atoms with van der Waals surface area (Å²) in [5.74, 6) is 0.422. The van der Waals surface area contributed by atoms with Crippen molar-refractivity contribution in [1.29, 1.82) is 0 Å². The van der Waals surface area contributed by atoms with E-state index in [-0.39, 0.29) is 12.0 Å². The average Bonchev–Trinajstić information content (AvgIpc) is 3.16. The fourth-order valence-electron chi connectivity index (χ4n) is 2.43. The highest BCUT2D eigenvalue weighted by Crippen LogP contribution is 2.14. The molecule has 0 saturated carbocycles. The monoisotopic (exact) mass is 331 g/mol. The molecule has 1 fully saturated rings. The number of hydrogen-bond acceptors (Lipinski definition) is 6. The van der Waals surface area contributed by atoms with Gasteiger partial charge >= 0.3 is 0 Å². The van der Waals surface area contributed by atoms with Crippen molar-refractivity contribution in [2.24, 2.45) is 0 Å². The Morgan fingerprint density at radius 2 is 2.42 bits per heavy atom.